The number of halogens is 2. The van der Waals surface area contributed by atoms with E-state index in [1.807, 2.05) is 34.6 Å². The van der Waals surface area contributed by atoms with Crippen LogP contribution in [0.25, 0.3) is 11.3 Å². The number of likely N-dealkylation sites (N-methyl/N-ethyl adjacent to an activating group) is 1. The highest BCUT2D eigenvalue weighted by Gasteiger charge is 2.27. The molecule has 3 rings (SSSR count). The molecule has 3 aromatic rings. The number of aryl methyl sites for hydroxylation is 1. The third-order valence-corrected chi connectivity index (χ3v) is 6.46. The summed E-state index contributed by atoms with van der Waals surface area (Å²) >= 11 is 0. The minimum atomic E-state index is -0.963. The van der Waals surface area contributed by atoms with E-state index in [9.17, 15) is 14.4 Å². The lowest BCUT2D eigenvalue weighted by Gasteiger charge is -2.25. The molecule has 0 spiro atoms. The van der Waals surface area contributed by atoms with Gasteiger partial charge in [-0.1, -0.05) is 26.0 Å². The highest BCUT2D eigenvalue weighted by atomic mass is 19.1. The third-order valence-electron chi connectivity index (χ3n) is 6.46. The van der Waals surface area contributed by atoms with Crippen LogP contribution in [0.4, 0.5) is 31.0 Å². The molecule has 11 nitrogen and oxygen atoms in total. The molecule has 0 aliphatic heterocycles. The number of hydrogen-bond acceptors (Lipinski definition) is 8. The van der Waals surface area contributed by atoms with Crippen LogP contribution < -0.4 is 20.9 Å². The number of nitrogens with one attached hydrogen (secondary N) is 3. The van der Waals surface area contributed by atoms with Crippen molar-refractivity contribution in [2.75, 3.05) is 37.4 Å². The van der Waals surface area contributed by atoms with E-state index >= 15 is 8.78 Å². The topological polar surface area (TPSA) is 129 Å². The minimum Gasteiger partial charge on any atom is -0.444 e. The third kappa shape index (κ3) is 10.4. The molecular formula is C34H47F2N7O4. The summed E-state index contributed by atoms with van der Waals surface area (Å²) < 4.78 is 35.4. The Bertz CT molecular complexity index is 1520. The second kappa shape index (κ2) is 17.3. The van der Waals surface area contributed by atoms with Gasteiger partial charge in [0.15, 0.2) is 5.82 Å². The Morgan fingerprint density at radius 1 is 1.06 bits per heavy atom. The first-order chi connectivity index (χ1) is 22.2. The number of anilines is 3. The van der Waals surface area contributed by atoms with Crippen molar-refractivity contribution in [1.29, 1.82) is 0 Å². The lowest BCUT2D eigenvalue weighted by molar-refractivity contribution is -0.106. The van der Waals surface area contributed by atoms with Crippen LogP contribution in [0.1, 0.15) is 70.0 Å². The first kappa shape index (κ1) is 38.5. The van der Waals surface area contributed by atoms with Crippen molar-refractivity contribution in [2.24, 2.45) is 0 Å². The fraction of sp³-hybridized carbons (Fsp3) is 0.441. The maximum atomic E-state index is 15.0. The summed E-state index contributed by atoms with van der Waals surface area (Å²) in [5.74, 6) is -2.27. The summed E-state index contributed by atoms with van der Waals surface area (Å²) in [5, 5.41) is 8.94. The summed E-state index contributed by atoms with van der Waals surface area (Å²) in [4.78, 5) is 49.3. The number of amides is 3. The molecule has 3 N–H and O–H groups in total. The number of aromatic nitrogens is 2. The Balaban J connectivity index is 0.00000376. The van der Waals surface area contributed by atoms with Crippen molar-refractivity contribution < 1.29 is 27.9 Å². The quantitative estimate of drug-likeness (QED) is 0.197. The Morgan fingerprint density at radius 3 is 2.26 bits per heavy atom. The minimum absolute atomic E-state index is 0.0254. The van der Waals surface area contributed by atoms with Gasteiger partial charge in [-0.2, -0.15) is 4.98 Å². The Kier molecular flexibility index (Phi) is 14.2. The van der Waals surface area contributed by atoms with Crippen LogP contribution in [0.5, 0.6) is 0 Å². The zero-order valence-electron chi connectivity index (χ0n) is 28.9. The number of nitrogens with zero attached hydrogens (tertiary/aromatic N) is 4. The van der Waals surface area contributed by atoms with Crippen molar-refractivity contribution in [3.63, 3.8) is 0 Å². The molecule has 1 heterocycles. The molecule has 0 fully saturated rings. The molecule has 0 aliphatic carbocycles. The van der Waals surface area contributed by atoms with Gasteiger partial charge in [0, 0.05) is 49.4 Å². The monoisotopic (exact) mass is 655 g/mol. The zero-order valence-corrected chi connectivity index (χ0v) is 28.9. The predicted octanol–water partition coefficient (Wildman–Crippen LogP) is 6.19. The SMILES string of the molecule is CC.CNCc1c(-c2cc(C(=O)NC(C)C)ccc2C)nc(NCCN(C)C(=O)OC(C)(C)C)nc1N(C=O)c1c(F)cccc1F. The van der Waals surface area contributed by atoms with Crippen LogP contribution in [0.3, 0.4) is 0 Å². The first-order valence-electron chi connectivity index (χ1n) is 15.5. The van der Waals surface area contributed by atoms with Crippen molar-refractivity contribution in [3.8, 4) is 11.3 Å². The van der Waals surface area contributed by atoms with Gasteiger partial charge >= 0.3 is 6.09 Å². The normalized spacial score (nSPS) is 10.9. The molecular weight excluding hydrogens is 608 g/mol. The lowest BCUT2D eigenvalue weighted by atomic mass is 9.98. The summed E-state index contributed by atoms with van der Waals surface area (Å²) in [7, 11) is 3.25. The van der Waals surface area contributed by atoms with Crippen LogP contribution >= 0.6 is 0 Å². The second-order valence-corrected chi connectivity index (χ2v) is 11.8. The maximum absolute atomic E-state index is 15.0. The Labute approximate surface area is 276 Å². The molecule has 3 amide bonds. The van der Waals surface area contributed by atoms with Crippen LogP contribution in [0, 0.1) is 18.6 Å². The smallest absolute Gasteiger partial charge is 0.410 e. The van der Waals surface area contributed by atoms with Crippen molar-refractivity contribution >= 4 is 35.9 Å². The van der Waals surface area contributed by atoms with E-state index in [-0.39, 0.29) is 49.8 Å². The van der Waals surface area contributed by atoms with Gasteiger partial charge < -0.3 is 25.6 Å². The molecule has 1 aromatic heterocycles. The van der Waals surface area contributed by atoms with E-state index in [1.54, 1.807) is 53.1 Å². The van der Waals surface area contributed by atoms with Gasteiger partial charge in [0.25, 0.3) is 5.91 Å². The summed E-state index contributed by atoms with van der Waals surface area (Å²) in [6.45, 7) is 15.3. The van der Waals surface area contributed by atoms with Crippen LogP contribution in [-0.4, -0.2) is 72.1 Å². The van der Waals surface area contributed by atoms with E-state index in [2.05, 4.69) is 20.9 Å². The molecule has 13 heteroatoms. The summed E-state index contributed by atoms with van der Waals surface area (Å²) in [6.07, 6.45) is -0.239. The summed E-state index contributed by atoms with van der Waals surface area (Å²) in [6, 6.07) is 8.32. The second-order valence-electron chi connectivity index (χ2n) is 11.8. The number of carbonyl (C=O) groups excluding carboxylic acids is 3. The fourth-order valence-electron chi connectivity index (χ4n) is 4.37. The van der Waals surface area contributed by atoms with E-state index in [0.717, 1.165) is 22.6 Å². The predicted molar refractivity (Wildman–Crippen MR) is 181 cm³/mol. The first-order valence-corrected chi connectivity index (χ1v) is 15.5. The molecule has 0 atom stereocenters. The molecule has 0 bridgehead atoms. The highest BCUT2D eigenvalue weighted by molar-refractivity contribution is 5.96. The average Bonchev–Trinajstić information content (AvgIpc) is 3.00. The van der Waals surface area contributed by atoms with Gasteiger partial charge in [-0.3, -0.25) is 14.5 Å². The van der Waals surface area contributed by atoms with Gasteiger partial charge in [0.2, 0.25) is 12.4 Å². The van der Waals surface area contributed by atoms with Crippen LogP contribution in [0.2, 0.25) is 0 Å². The molecule has 0 saturated carbocycles. The largest absolute Gasteiger partial charge is 0.444 e. The molecule has 0 radical (unpaired) electrons. The number of carbonyl (C=O) groups is 3. The van der Waals surface area contributed by atoms with E-state index in [4.69, 9.17) is 9.72 Å². The average molecular weight is 656 g/mol. The number of hydrogen-bond donors (Lipinski definition) is 3. The van der Waals surface area contributed by atoms with Gasteiger partial charge in [0.05, 0.1) is 5.69 Å². The van der Waals surface area contributed by atoms with E-state index in [1.165, 1.54) is 11.0 Å². The number of benzene rings is 2. The molecule has 0 saturated heterocycles. The van der Waals surface area contributed by atoms with Gasteiger partial charge in [-0.15, -0.1) is 0 Å². The lowest BCUT2D eigenvalue weighted by Crippen LogP contribution is -2.36. The van der Waals surface area contributed by atoms with Crippen molar-refractivity contribution in [3.05, 3.63) is 64.7 Å². The van der Waals surface area contributed by atoms with Crippen LogP contribution in [0.15, 0.2) is 36.4 Å². The maximum Gasteiger partial charge on any atom is 0.410 e. The number of ether oxygens (including phenoxy) is 1. The number of rotatable bonds is 12. The van der Waals surface area contributed by atoms with E-state index < -0.39 is 29.0 Å². The fourth-order valence-corrected chi connectivity index (χ4v) is 4.37. The molecule has 0 aliphatic rings. The molecule has 2 aromatic carbocycles. The van der Waals surface area contributed by atoms with Crippen LogP contribution in [-0.2, 0) is 16.1 Å². The van der Waals surface area contributed by atoms with Crippen molar-refractivity contribution in [2.45, 2.75) is 73.6 Å². The molecule has 0 unspecified atom stereocenters. The molecule has 47 heavy (non-hydrogen) atoms. The standard InChI is InChI=1S/C32H41F2N7O4.C2H6/c1-19(2)37-29(43)21-13-12-20(3)22(16-21)26-23(17-35-7)28(41(18-42)27-24(33)10-9-11-25(27)34)39-30(38-26)36-14-15-40(8)31(44)45-32(4,5)6;1-2/h9-13,16,18-19,35H,14-15,17H2,1-8H3,(H,37,43)(H,36,38,39);1-2H3. The van der Waals surface area contributed by atoms with Gasteiger partial charge in [0.1, 0.15) is 22.9 Å². The van der Waals surface area contributed by atoms with Crippen molar-refractivity contribution in [1.82, 2.24) is 25.5 Å². The van der Waals surface area contributed by atoms with Gasteiger partial charge in [-0.25, -0.2) is 18.6 Å². The Morgan fingerprint density at radius 2 is 1.70 bits per heavy atom. The van der Waals surface area contributed by atoms with Gasteiger partial charge in [-0.05, 0) is 78.4 Å². The molecule has 256 valence electrons. The zero-order chi connectivity index (χ0) is 35.5. The number of para-hydroxylation sites is 1. The Hall–Kier alpha value is -4.65. The highest BCUT2D eigenvalue weighted by Crippen LogP contribution is 2.36. The van der Waals surface area contributed by atoms with E-state index in [0.29, 0.717) is 22.4 Å². The summed E-state index contributed by atoms with van der Waals surface area (Å²) in [5.41, 5.74) is 1.09.